The smallest absolute Gasteiger partial charge is 0.306 e. The van der Waals surface area contributed by atoms with Gasteiger partial charge in [-0.15, -0.1) is 0 Å². The Balaban J connectivity index is 3.36. The van der Waals surface area contributed by atoms with Gasteiger partial charge >= 0.3 is 11.9 Å². The summed E-state index contributed by atoms with van der Waals surface area (Å²) in [7, 11) is 0. The van der Waals surface area contributed by atoms with Gasteiger partial charge in [0, 0.05) is 12.8 Å². The molecule has 0 amide bonds. The Morgan fingerprint density at radius 1 is 0.288 bits per heavy atom. The zero-order valence-electron chi connectivity index (χ0n) is 45.3. The van der Waals surface area contributed by atoms with Crippen LogP contribution in [-0.4, -0.2) is 36.4 Å². The van der Waals surface area contributed by atoms with E-state index in [0.29, 0.717) is 12.8 Å². The van der Waals surface area contributed by atoms with Crippen LogP contribution in [0.1, 0.15) is 361 Å². The molecule has 0 rings (SSSR count). The maximum atomic E-state index is 12.3. The van der Waals surface area contributed by atoms with Crippen molar-refractivity contribution in [2.24, 2.45) is 0 Å². The molecule has 5 heteroatoms. The van der Waals surface area contributed by atoms with E-state index in [1.54, 1.807) is 0 Å². The normalized spacial score (nSPS) is 12.0. The minimum atomic E-state index is -0.764. The van der Waals surface area contributed by atoms with E-state index in [1.807, 2.05) is 0 Å². The Hall–Kier alpha value is -1.10. The molecular weight excluding hydrogens is 813 g/mol. The monoisotopic (exact) mass is 933 g/mol. The molecule has 1 unspecified atom stereocenters. The molecule has 0 spiro atoms. The predicted molar refractivity (Wildman–Crippen MR) is 289 cm³/mol. The number of aliphatic hydroxyl groups is 1. The fourth-order valence-electron chi connectivity index (χ4n) is 9.80. The third-order valence-corrected chi connectivity index (χ3v) is 14.4. The van der Waals surface area contributed by atoms with Gasteiger partial charge < -0.3 is 14.6 Å². The van der Waals surface area contributed by atoms with Crippen LogP contribution in [0.5, 0.6) is 0 Å². The molecule has 0 aromatic carbocycles. The lowest BCUT2D eigenvalue weighted by molar-refractivity contribution is -0.161. The first-order valence-electron chi connectivity index (χ1n) is 30.6. The Morgan fingerprint density at radius 2 is 0.470 bits per heavy atom. The highest BCUT2D eigenvalue weighted by Crippen LogP contribution is 2.19. The lowest BCUT2D eigenvalue weighted by Gasteiger charge is -2.15. The molecule has 0 aliphatic heterocycles. The van der Waals surface area contributed by atoms with Gasteiger partial charge in [0.15, 0.2) is 6.10 Å². The summed E-state index contributed by atoms with van der Waals surface area (Å²) in [6, 6.07) is 0. The Kier molecular flexibility index (Phi) is 57.2. The van der Waals surface area contributed by atoms with Crippen LogP contribution in [0.15, 0.2) is 0 Å². The van der Waals surface area contributed by atoms with Gasteiger partial charge in [0.05, 0.1) is 6.61 Å². The molecular formula is C61H120O5. The maximum absolute atomic E-state index is 12.3. The van der Waals surface area contributed by atoms with Crippen LogP contribution in [0.3, 0.4) is 0 Å². The number of rotatable bonds is 58. The van der Waals surface area contributed by atoms with Crippen molar-refractivity contribution in [1.29, 1.82) is 0 Å². The van der Waals surface area contributed by atoms with Crippen LogP contribution in [0.25, 0.3) is 0 Å². The van der Waals surface area contributed by atoms with Crippen molar-refractivity contribution in [3.8, 4) is 0 Å². The van der Waals surface area contributed by atoms with Gasteiger partial charge in [0.1, 0.15) is 6.61 Å². The van der Waals surface area contributed by atoms with E-state index in [2.05, 4.69) is 13.8 Å². The van der Waals surface area contributed by atoms with E-state index in [4.69, 9.17) is 9.47 Å². The van der Waals surface area contributed by atoms with Crippen molar-refractivity contribution >= 4 is 11.9 Å². The number of esters is 2. The van der Waals surface area contributed by atoms with Gasteiger partial charge in [0.2, 0.25) is 0 Å². The Bertz CT molecular complexity index is 921. The molecule has 0 radical (unpaired) electrons. The minimum absolute atomic E-state index is 0.0556. The fourth-order valence-corrected chi connectivity index (χ4v) is 9.80. The molecule has 0 saturated heterocycles. The first-order valence-corrected chi connectivity index (χ1v) is 30.6. The first kappa shape index (κ1) is 64.9. The summed E-state index contributed by atoms with van der Waals surface area (Å²) in [6.07, 6.45) is 71.1. The minimum Gasteiger partial charge on any atom is -0.462 e. The number of carbonyl (C=O) groups is 2. The number of aliphatic hydroxyl groups excluding tert-OH is 1. The second kappa shape index (κ2) is 58.2. The molecule has 5 nitrogen and oxygen atoms in total. The van der Waals surface area contributed by atoms with Gasteiger partial charge in [-0.3, -0.25) is 9.59 Å². The summed E-state index contributed by atoms with van der Waals surface area (Å²) < 4.78 is 10.7. The molecule has 0 aliphatic rings. The van der Waals surface area contributed by atoms with Crippen molar-refractivity contribution in [1.82, 2.24) is 0 Å². The zero-order chi connectivity index (χ0) is 47.7. The maximum Gasteiger partial charge on any atom is 0.306 e. The second-order valence-corrected chi connectivity index (χ2v) is 21.2. The van der Waals surface area contributed by atoms with E-state index in [0.717, 1.165) is 32.1 Å². The molecule has 66 heavy (non-hydrogen) atoms. The van der Waals surface area contributed by atoms with Gasteiger partial charge in [-0.2, -0.15) is 0 Å². The van der Waals surface area contributed by atoms with Gasteiger partial charge in [-0.25, -0.2) is 0 Å². The first-order chi connectivity index (χ1) is 32.6. The van der Waals surface area contributed by atoms with Crippen molar-refractivity contribution in [3.05, 3.63) is 0 Å². The van der Waals surface area contributed by atoms with E-state index in [1.165, 1.54) is 302 Å². The molecule has 394 valence electrons. The molecule has 0 aromatic rings. The molecule has 0 fully saturated rings. The topological polar surface area (TPSA) is 72.8 Å². The van der Waals surface area contributed by atoms with Crippen LogP contribution in [-0.2, 0) is 19.1 Å². The largest absolute Gasteiger partial charge is 0.462 e. The van der Waals surface area contributed by atoms with Crippen molar-refractivity contribution in [3.63, 3.8) is 0 Å². The van der Waals surface area contributed by atoms with Crippen molar-refractivity contribution in [2.45, 2.75) is 367 Å². The number of hydrogen-bond acceptors (Lipinski definition) is 5. The summed E-state index contributed by atoms with van der Waals surface area (Å²) in [5.41, 5.74) is 0. The molecule has 0 heterocycles. The highest BCUT2D eigenvalue weighted by molar-refractivity contribution is 5.70. The van der Waals surface area contributed by atoms with Crippen LogP contribution in [0.4, 0.5) is 0 Å². The predicted octanol–water partition coefficient (Wildman–Crippen LogP) is 20.5. The highest BCUT2D eigenvalue weighted by atomic mass is 16.6. The van der Waals surface area contributed by atoms with Gasteiger partial charge in [0.25, 0.3) is 0 Å². The number of ether oxygens (including phenoxy) is 2. The highest BCUT2D eigenvalue weighted by Gasteiger charge is 2.16. The van der Waals surface area contributed by atoms with Gasteiger partial charge in [-0.05, 0) is 12.8 Å². The van der Waals surface area contributed by atoms with Crippen molar-refractivity contribution < 1.29 is 24.2 Å². The molecule has 1 N–H and O–H groups in total. The lowest BCUT2D eigenvalue weighted by Crippen LogP contribution is -2.28. The average molecular weight is 934 g/mol. The Morgan fingerprint density at radius 3 is 0.667 bits per heavy atom. The number of carbonyl (C=O) groups excluding carboxylic acids is 2. The van der Waals surface area contributed by atoms with E-state index < -0.39 is 6.10 Å². The average Bonchev–Trinajstić information content (AvgIpc) is 3.32. The van der Waals surface area contributed by atoms with E-state index >= 15 is 0 Å². The van der Waals surface area contributed by atoms with Crippen LogP contribution < -0.4 is 0 Å². The summed E-state index contributed by atoms with van der Waals surface area (Å²) in [5, 5.41) is 9.66. The second-order valence-electron chi connectivity index (χ2n) is 21.2. The molecule has 0 saturated carbocycles. The molecule has 1 atom stereocenters. The summed E-state index contributed by atoms with van der Waals surface area (Å²) in [4.78, 5) is 24.5. The molecule has 0 bridgehead atoms. The van der Waals surface area contributed by atoms with Crippen LogP contribution in [0.2, 0.25) is 0 Å². The summed E-state index contributed by atoms with van der Waals surface area (Å²) in [6.45, 7) is 4.21. The van der Waals surface area contributed by atoms with E-state index in [9.17, 15) is 14.7 Å². The third kappa shape index (κ3) is 55.5. The standard InChI is InChI=1S/C61H120O5/c1-3-5-7-9-11-13-15-17-19-21-23-25-26-27-28-29-30-31-32-33-34-35-36-38-40-42-44-46-48-50-52-54-56-61(64)66-59(57-62)58-65-60(63)55-53-51-49-47-45-43-41-39-37-24-22-20-18-16-14-12-10-8-6-4-2/h59,62H,3-58H2,1-2H3. The third-order valence-electron chi connectivity index (χ3n) is 14.4. The van der Waals surface area contributed by atoms with E-state index in [-0.39, 0.29) is 25.2 Å². The summed E-state index contributed by atoms with van der Waals surface area (Å²) >= 11 is 0. The van der Waals surface area contributed by atoms with Crippen LogP contribution >= 0.6 is 0 Å². The fraction of sp³-hybridized carbons (Fsp3) is 0.967. The van der Waals surface area contributed by atoms with Gasteiger partial charge in [-0.1, -0.05) is 335 Å². The SMILES string of the molecule is CCCCCCCCCCCCCCCCCCCCCCCCCCCCCCCCCCC(=O)OC(CO)COC(=O)CCCCCCCCCCCCCCCCCCCCCC. The lowest BCUT2D eigenvalue weighted by atomic mass is 10.0. The molecule has 0 aromatic heterocycles. The van der Waals surface area contributed by atoms with Crippen molar-refractivity contribution in [2.75, 3.05) is 13.2 Å². The molecule has 0 aliphatic carbocycles. The number of hydrogen-bond donors (Lipinski definition) is 1. The Labute approximate surface area is 414 Å². The van der Waals surface area contributed by atoms with Crippen LogP contribution in [0, 0.1) is 0 Å². The quantitative estimate of drug-likeness (QED) is 0.0486. The number of unbranched alkanes of at least 4 members (excludes halogenated alkanes) is 50. The summed E-state index contributed by atoms with van der Waals surface area (Å²) in [5.74, 6) is -0.562. The zero-order valence-corrected chi connectivity index (χ0v) is 45.3.